The summed E-state index contributed by atoms with van der Waals surface area (Å²) in [6.07, 6.45) is 0.520. The average Bonchev–Trinajstić information content (AvgIpc) is 2.04. The van der Waals surface area contributed by atoms with Crippen molar-refractivity contribution in [2.75, 3.05) is 19.6 Å². The first kappa shape index (κ1) is 12.2. The van der Waals surface area contributed by atoms with Crippen molar-refractivity contribution in [1.29, 1.82) is 0 Å². The van der Waals surface area contributed by atoms with Gasteiger partial charge in [-0.25, -0.2) is 4.79 Å². The zero-order valence-corrected chi connectivity index (χ0v) is 8.75. The summed E-state index contributed by atoms with van der Waals surface area (Å²) in [6, 6.07) is 0. The topological polar surface area (TPSA) is 55.6 Å². The first-order valence-electron chi connectivity index (χ1n) is 4.77. The van der Waals surface area contributed by atoms with Crippen molar-refractivity contribution in [3.63, 3.8) is 0 Å². The Labute approximate surface area is 80.0 Å². The fraction of sp³-hybridized carbons (Fsp3) is 0.889. The van der Waals surface area contributed by atoms with Gasteiger partial charge in [-0.2, -0.15) is 0 Å². The summed E-state index contributed by atoms with van der Waals surface area (Å²) in [5.41, 5.74) is 5.35. The third kappa shape index (κ3) is 5.47. The molecule has 1 amide bonds. The summed E-state index contributed by atoms with van der Waals surface area (Å²) in [4.78, 5) is 13.0. The fourth-order valence-corrected chi connectivity index (χ4v) is 0.937. The summed E-state index contributed by atoms with van der Waals surface area (Å²) in [5, 5.41) is 0. The maximum atomic E-state index is 11.4. The largest absolute Gasteiger partial charge is 0.447 e. The highest BCUT2D eigenvalue weighted by atomic mass is 16.6. The summed E-state index contributed by atoms with van der Waals surface area (Å²) >= 11 is 0. The first-order valence-corrected chi connectivity index (χ1v) is 4.77. The molecule has 0 unspecified atom stereocenters. The molecule has 0 spiro atoms. The summed E-state index contributed by atoms with van der Waals surface area (Å²) in [6.45, 7) is 7.57. The molecule has 0 atom stereocenters. The lowest BCUT2D eigenvalue weighted by Crippen LogP contribution is -2.34. The monoisotopic (exact) mass is 188 g/mol. The van der Waals surface area contributed by atoms with Gasteiger partial charge in [0, 0.05) is 13.1 Å². The van der Waals surface area contributed by atoms with E-state index >= 15 is 0 Å². The second-order valence-corrected chi connectivity index (χ2v) is 3.15. The molecule has 0 aromatic rings. The second kappa shape index (κ2) is 6.71. The van der Waals surface area contributed by atoms with Crippen LogP contribution in [0, 0.1) is 0 Å². The zero-order valence-electron chi connectivity index (χ0n) is 8.75. The summed E-state index contributed by atoms with van der Waals surface area (Å²) in [5.74, 6) is 0. The Morgan fingerprint density at radius 1 is 1.54 bits per heavy atom. The SMILES string of the molecule is CCN(CCCN)C(=O)OC(C)C. The van der Waals surface area contributed by atoms with Crippen LogP contribution in [0.1, 0.15) is 27.2 Å². The van der Waals surface area contributed by atoms with Gasteiger partial charge < -0.3 is 15.4 Å². The number of carbonyl (C=O) groups is 1. The van der Waals surface area contributed by atoms with Gasteiger partial charge in [0.05, 0.1) is 6.10 Å². The Balaban J connectivity index is 3.84. The molecule has 0 aliphatic heterocycles. The maximum absolute atomic E-state index is 11.4. The standard InChI is InChI=1S/C9H20N2O2/c1-4-11(7-5-6-10)9(12)13-8(2)3/h8H,4-7,10H2,1-3H3. The lowest BCUT2D eigenvalue weighted by molar-refractivity contribution is 0.0782. The van der Waals surface area contributed by atoms with E-state index in [0.29, 0.717) is 19.6 Å². The molecule has 0 heterocycles. The molecule has 0 fully saturated rings. The minimum atomic E-state index is -0.244. The van der Waals surface area contributed by atoms with Crippen molar-refractivity contribution in [2.45, 2.75) is 33.3 Å². The van der Waals surface area contributed by atoms with Crippen molar-refractivity contribution in [1.82, 2.24) is 4.90 Å². The van der Waals surface area contributed by atoms with Gasteiger partial charge in [-0.1, -0.05) is 0 Å². The highest BCUT2D eigenvalue weighted by molar-refractivity contribution is 5.67. The lowest BCUT2D eigenvalue weighted by Gasteiger charge is -2.21. The molecular formula is C9H20N2O2. The molecule has 0 radical (unpaired) electrons. The summed E-state index contributed by atoms with van der Waals surface area (Å²) < 4.78 is 5.05. The predicted octanol–water partition coefficient (Wildman–Crippen LogP) is 1.20. The van der Waals surface area contributed by atoms with Crippen LogP contribution in [0.3, 0.4) is 0 Å². The quantitative estimate of drug-likeness (QED) is 0.705. The van der Waals surface area contributed by atoms with Crippen LogP contribution in [0.5, 0.6) is 0 Å². The lowest BCUT2D eigenvalue weighted by atomic mass is 10.4. The highest BCUT2D eigenvalue weighted by Gasteiger charge is 2.12. The third-order valence-electron chi connectivity index (χ3n) is 1.61. The molecule has 0 aliphatic carbocycles. The van der Waals surface area contributed by atoms with Crippen molar-refractivity contribution in [2.24, 2.45) is 5.73 Å². The number of nitrogens with zero attached hydrogens (tertiary/aromatic N) is 1. The minimum absolute atomic E-state index is 0.0561. The van der Waals surface area contributed by atoms with E-state index in [1.54, 1.807) is 4.90 Å². The summed E-state index contributed by atoms with van der Waals surface area (Å²) in [7, 11) is 0. The van der Waals surface area contributed by atoms with Crippen molar-refractivity contribution < 1.29 is 9.53 Å². The van der Waals surface area contributed by atoms with E-state index in [-0.39, 0.29) is 12.2 Å². The molecule has 0 bridgehead atoms. The number of hydrogen-bond donors (Lipinski definition) is 1. The Kier molecular flexibility index (Phi) is 6.32. The van der Waals surface area contributed by atoms with Gasteiger partial charge in [0.1, 0.15) is 0 Å². The number of amides is 1. The number of ether oxygens (including phenoxy) is 1. The van der Waals surface area contributed by atoms with E-state index in [2.05, 4.69) is 0 Å². The number of nitrogens with two attached hydrogens (primary N) is 1. The van der Waals surface area contributed by atoms with Gasteiger partial charge in [0.15, 0.2) is 0 Å². The Bertz CT molecular complexity index is 149. The molecule has 13 heavy (non-hydrogen) atoms. The smallest absolute Gasteiger partial charge is 0.409 e. The minimum Gasteiger partial charge on any atom is -0.447 e. The van der Waals surface area contributed by atoms with E-state index < -0.39 is 0 Å². The Morgan fingerprint density at radius 2 is 2.15 bits per heavy atom. The third-order valence-corrected chi connectivity index (χ3v) is 1.61. The molecule has 4 heteroatoms. The maximum Gasteiger partial charge on any atom is 0.409 e. The fourth-order valence-electron chi connectivity index (χ4n) is 0.937. The molecule has 78 valence electrons. The van der Waals surface area contributed by atoms with E-state index in [9.17, 15) is 4.79 Å². The predicted molar refractivity (Wildman–Crippen MR) is 52.5 cm³/mol. The molecule has 0 aromatic carbocycles. The van der Waals surface area contributed by atoms with Crippen LogP contribution in [0.25, 0.3) is 0 Å². The van der Waals surface area contributed by atoms with E-state index in [1.807, 2.05) is 20.8 Å². The van der Waals surface area contributed by atoms with E-state index in [4.69, 9.17) is 10.5 Å². The van der Waals surface area contributed by atoms with Crippen LogP contribution < -0.4 is 5.73 Å². The van der Waals surface area contributed by atoms with Crippen molar-refractivity contribution in [3.05, 3.63) is 0 Å². The first-order chi connectivity index (χ1) is 6.11. The molecule has 0 aliphatic rings. The number of hydrogen-bond acceptors (Lipinski definition) is 3. The van der Waals surface area contributed by atoms with Gasteiger partial charge in [0.25, 0.3) is 0 Å². The molecule has 4 nitrogen and oxygen atoms in total. The Morgan fingerprint density at radius 3 is 2.54 bits per heavy atom. The van der Waals surface area contributed by atoms with E-state index in [1.165, 1.54) is 0 Å². The van der Waals surface area contributed by atoms with Crippen LogP contribution >= 0.6 is 0 Å². The van der Waals surface area contributed by atoms with Gasteiger partial charge in [0.2, 0.25) is 0 Å². The van der Waals surface area contributed by atoms with Crippen LogP contribution in [-0.2, 0) is 4.74 Å². The van der Waals surface area contributed by atoms with Crippen LogP contribution in [-0.4, -0.2) is 36.7 Å². The normalized spacial score (nSPS) is 10.2. The highest BCUT2D eigenvalue weighted by Crippen LogP contribution is 1.98. The number of carbonyl (C=O) groups excluding carboxylic acids is 1. The molecule has 0 rings (SSSR count). The van der Waals surface area contributed by atoms with Gasteiger partial charge in [-0.05, 0) is 33.7 Å². The van der Waals surface area contributed by atoms with Crippen LogP contribution in [0.2, 0.25) is 0 Å². The molecule has 0 aromatic heterocycles. The second-order valence-electron chi connectivity index (χ2n) is 3.15. The molecule has 0 saturated carbocycles. The van der Waals surface area contributed by atoms with Gasteiger partial charge in [-0.3, -0.25) is 0 Å². The van der Waals surface area contributed by atoms with Gasteiger partial charge in [-0.15, -0.1) is 0 Å². The van der Waals surface area contributed by atoms with Crippen molar-refractivity contribution >= 4 is 6.09 Å². The number of rotatable bonds is 5. The molecular weight excluding hydrogens is 168 g/mol. The molecule has 0 saturated heterocycles. The van der Waals surface area contributed by atoms with Crippen LogP contribution in [0.15, 0.2) is 0 Å². The van der Waals surface area contributed by atoms with Crippen LogP contribution in [0.4, 0.5) is 4.79 Å². The Hall–Kier alpha value is -0.770. The zero-order chi connectivity index (χ0) is 10.3. The van der Waals surface area contributed by atoms with Crippen molar-refractivity contribution in [3.8, 4) is 0 Å². The molecule has 2 N–H and O–H groups in total. The van der Waals surface area contributed by atoms with E-state index in [0.717, 1.165) is 6.42 Å². The average molecular weight is 188 g/mol. The van der Waals surface area contributed by atoms with Gasteiger partial charge >= 0.3 is 6.09 Å².